The second-order valence-electron chi connectivity index (χ2n) is 19.7. The van der Waals surface area contributed by atoms with E-state index in [-0.39, 0.29) is 12.1 Å². The molecular formula is C52H59BN2. The van der Waals surface area contributed by atoms with Gasteiger partial charge in [0.25, 0.3) is 6.71 Å². The lowest BCUT2D eigenvalue weighted by molar-refractivity contribution is -0.00514. The highest BCUT2D eigenvalue weighted by atomic mass is 15.2. The van der Waals surface area contributed by atoms with Crippen LogP contribution in [0.5, 0.6) is 0 Å². The van der Waals surface area contributed by atoms with Gasteiger partial charge in [0.05, 0.1) is 0 Å². The summed E-state index contributed by atoms with van der Waals surface area (Å²) in [6.07, 6.45) is 8.44. The maximum atomic E-state index is 2.71. The summed E-state index contributed by atoms with van der Waals surface area (Å²) in [7, 11) is 0. The minimum atomic E-state index is 0.148. The smallest absolute Gasteiger partial charge is 0.252 e. The van der Waals surface area contributed by atoms with E-state index in [1.54, 1.807) is 5.56 Å². The maximum Gasteiger partial charge on any atom is 0.252 e. The fourth-order valence-electron chi connectivity index (χ4n) is 12.1. The molecule has 0 radical (unpaired) electrons. The number of hydrogen-bond acceptors (Lipinski definition) is 2. The van der Waals surface area contributed by atoms with Crippen LogP contribution in [0.3, 0.4) is 0 Å². The van der Waals surface area contributed by atoms with Gasteiger partial charge >= 0.3 is 0 Å². The predicted octanol–water partition coefficient (Wildman–Crippen LogP) is 12.7. The SMILES string of the molecule is CC(C)c1ccc(N2c3ccc(C(C)C)cc3B3c4cc(C(C)C)ccc4N(c4ccc(C(C)C)cc4)c4cc(C56CC7CC(CC(C7)C5)C6)cc2c43)cc1. The molecule has 4 fully saturated rings. The molecule has 5 aromatic carbocycles. The minimum absolute atomic E-state index is 0.148. The molecule has 0 spiro atoms. The van der Waals surface area contributed by atoms with E-state index in [1.807, 2.05) is 0 Å². The first-order valence-corrected chi connectivity index (χ1v) is 21.7. The molecule has 0 aromatic heterocycles. The van der Waals surface area contributed by atoms with E-state index in [4.69, 9.17) is 0 Å². The zero-order chi connectivity index (χ0) is 37.9. The van der Waals surface area contributed by atoms with Crippen LogP contribution in [0, 0.1) is 17.8 Å². The van der Waals surface area contributed by atoms with Crippen LogP contribution in [0.4, 0.5) is 34.1 Å². The van der Waals surface area contributed by atoms with E-state index in [2.05, 4.69) is 162 Å². The molecule has 0 amide bonds. The van der Waals surface area contributed by atoms with Crippen LogP contribution in [-0.4, -0.2) is 6.71 Å². The Morgan fingerprint density at radius 1 is 0.455 bits per heavy atom. The Bertz CT molecular complexity index is 2110. The largest absolute Gasteiger partial charge is 0.311 e. The molecule has 6 aliphatic rings. The number of rotatable bonds is 7. The lowest BCUT2D eigenvalue weighted by Crippen LogP contribution is -2.61. The van der Waals surface area contributed by atoms with Crippen LogP contribution in [0.15, 0.2) is 97.1 Å². The van der Waals surface area contributed by atoms with Gasteiger partial charge in [-0.1, -0.05) is 104 Å². The molecule has 55 heavy (non-hydrogen) atoms. The molecule has 0 N–H and O–H groups in total. The van der Waals surface area contributed by atoms with Gasteiger partial charge in [-0.3, -0.25) is 0 Å². The van der Waals surface area contributed by atoms with Crippen LogP contribution >= 0.6 is 0 Å². The molecule has 4 aliphatic carbocycles. The Labute approximate surface area is 331 Å². The van der Waals surface area contributed by atoms with Gasteiger partial charge in [0.15, 0.2) is 0 Å². The van der Waals surface area contributed by atoms with Gasteiger partial charge in [-0.25, -0.2) is 0 Å². The first-order valence-electron chi connectivity index (χ1n) is 21.7. The fraction of sp³-hybridized carbons (Fsp3) is 0.423. The van der Waals surface area contributed by atoms with E-state index in [0.717, 1.165) is 17.8 Å². The van der Waals surface area contributed by atoms with Crippen LogP contribution in [0.25, 0.3) is 0 Å². The van der Waals surface area contributed by atoms with Gasteiger partial charge in [-0.15, -0.1) is 0 Å². The quantitative estimate of drug-likeness (QED) is 0.151. The third-order valence-electron chi connectivity index (χ3n) is 14.7. The monoisotopic (exact) mass is 722 g/mol. The van der Waals surface area contributed by atoms with Gasteiger partial charge in [-0.2, -0.15) is 0 Å². The lowest BCUT2D eigenvalue weighted by atomic mass is 9.33. The highest BCUT2D eigenvalue weighted by Gasteiger charge is 2.53. The Kier molecular flexibility index (Phi) is 8.26. The van der Waals surface area contributed by atoms with Crippen molar-refractivity contribution in [3.8, 4) is 0 Å². The Balaban J connectivity index is 1.29. The predicted molar refractivity (Wildman–Crippen MR) is 237 cm³/mol. The zero-order valence-corrected chi connectivity index (χ0v) is 34.5. The van der Waals surface area contributed by atoms with Crippen LogP contribution in [0.2, 0.25) is 0 Å². The van der Waals surface area contributed by atoms with E-state index in [0.29, 0.717) is 23.7 Å². The third kappa shape index (κ3) is 5.57. The number of nitrogens with zero attached hydrogens (tertiary/aromatic N) is 2. The lowest BCUT2D eigenvalue weighted by Gasteiger charge is -2.57. The van der Waals surface area contributed by atoms with Gasteiger partial charge in [0.2, 0.25) is 0 Å². The number of hydrogen-bond donors (Lipinski definition) is 0. The van der Waals surface area contributed by atoms with E-state index in [9.17, 15) is 0 Å². The molecule has 2 heterocycles. The summed E-state index contributed by atoms with van der Waals surface area (Å²) in [6, 6.07) is 39.4. The summed E-state index contributed by atoms with van der Waals surface area (Å²) in [5.41, 5.74) is 19.8. The van der Waals surface area contributed by atoms with Crippen molar-refractivity contribution in [3.05, 3.63) is 125 Å². The average Bonchev–Trinajstić information content (AvgIpc) is 3.16. The normalized spacial score (nSPS) is 23.3. The second-order valence-corrected chi connectivity index (χ2v) is 19.7. The van der Waals surface area contributed by atoms with Gasteiger partial charge in [-0.05, 0) is 178 Å². The van der Waals surface area contributed by atoms with Crippen molar-refractivity contribution < 1.29 is 0 Å². The van der Waals surface area contributed by atoms with Crippen molar-refractivity contribution in [1.29, 1.82) is 0 Å². The summed E-state index contributed by atoms with van der Waals surface area (Å²) < 4.78 is 0. The van der Waals surface area contributed by atoms with Crippen LogP contribution in [-0.2, 0) is 5.41 Å². The summed E-state index contributed by atoms with van der Waals surface area (Å²) in [4.78, 5) is 5.33. The Morgan fingerprint density at radius 3 is 1.18 bits per heavy atom. The van der Waals surface area contributed by atoms with Crippen LogP contribution in [0.1, 0.15) is 145 Å². The first-order chi connectivity index (χ1) is 26.5. The molecule has 0 saturated heterocycles. The average molecular weight is 723 g/mol. The van der Waals surface area contributed by atoms with Crippen molar-refractivity contribution in [2.24, 2.45) is 17.8 Å². The molecule has 3 heteroatoms. The molecule has 0 unspecified atom stereocenters. The van der Waals surface area contributed by atoms with Crippen molar-refractivity contribution >= 4 is 57.2 Å². The molecule has 0 atom stereocenters. The van der Waals surface area contributed by atoms with Gasteiger partial charge < -0.3 is 9.80 Å². The highest BCUT2D eigenvalue weighted by Crippen LogP contribution is 2.62. The molecule has 4 saturated carbocycles. The molecule has 2 aliphatic heterocycles. The first kappa shape index (κ1) is 35.2. The third-order valence-corrected chi connectivity index (χ3v) is 14.7. The standard InChI is InChI=1S/C52H59BN2/c1-31(2)38-9-15-43(16-10-38)54-47-19-13-40(33(5)6)24-45(47)53-46-25-41(34(7)8)14-20-48(46)55(44-17-11-39(12-18-44)32(3)4)50-27-42(26-49(54)51(50)53)52-28-35-21-36(29-52)23-37(22-35)30-52/h9-20,24-27,31-37H,21-23,28-30H2,1-8H3. The molecule has 2 nitrogen and oxygen atoms in total. The van der Waals surface area contributed by atoms with Crippen LogP contribution < -0.4 is 26.2 Å². The van der Waals surface area contributed by atoms with Crippen molar-refractivity contribution in [1.82, 2.24) is 0 Å². The summed E-state index contributed by atoms with van der Waals surface area (Å²) in [5.74, 6) is 4.54. The summed E-state index contributed by atoms with van der Waals surface area (Å²) in [6.45, 7) is 18.8. The van der Waals surface area contributed by atoms with E-state index in [1.165, 1.54) is 111 Å². The maximum absolute atomic E-state index is 2.71. The Hall–Kier alpha value is -4.24. The van der Waals surface area contributed by atoms with Crippen molar-refractivity contribution in [2.75, 3.05) is 9.80 Å². The topological polar surface area (TPSA) is 6.48 Å². The molecule has 4 bridgehead atoms. The van der Waals surface area contributed by atoms with Crippen molar-refractivity contribution in [3.63, 3.8) is 0 Å². The number of anilines is 6. The number of fused-ring (bicyclic) bond motifs is 4. The highest BCUT2D eigenvalue weighted by molar-refractivity contribution is 7.00. The summed E-state index contributed by atoms with van der Waals surface area (Å²) in [5, 5.41) is 0. The number of benzene rings is 5. The zero-order valence-electron chi connectivity index (χ0n) is 34.5. The molecule has 280 valence electrons. The van der Waals surface area contributed by atoms with Crippen molar-refractivity contribution in [2.45, 2.75) is 123 Å². The fourth-order valence-corrected chi connectivity index (χ4v) is 12.1. The Morgan fingerprint density at radius 2 is 0.818 bits per heavy atom. The van der Waals surface area contributed by atoms with Gasteiger partial charge in [0.1, 0.15) is 0 Å². The molecule has 5 aromatic rings. The van der Waals surface area contributed by atoms with E-state index >= 15 is 0 Å². The molecule has 11 rings (SSSR count). The molecular weight excluding hydrogens is 663 g/mol. The second kappa shape index (κ2) is 12.9. The van der Waals surface area contributed by atoms with E-state index < -0.39 is 0 Å². The summed E-state index contributed by atoms with van der Waals surface area (Å²) >= 11 is 0. The minimum Gasteiger partial charge on any atom is -0.311 e. The van der Waals surface area contributed by atoms with Gasteiger partial charge in [0, 0.05) is 34.1 Å².